The van der Waals surface area contributed by atoms with Crippen molar-refractivity contribution in [3.8, 4) is 0 Å². The minimum atomic E-state index is -0.140. The molecule has 1 fully saturated rings. The van der Waals surface area contributed by atoms with Crippen LogP contribution in [0.25, 0.3) is 11.0 Å². The molecular weight excluding hydrogens is 442 g/mol. The van der Waals surface area contributed by atoms with E-state index in [-0.39, 0.29) is 11.9 Å². The van der Waals surface area contributed by atoms with E-state index in [2.05, 4.69) is 37.1 Å². The van der Waals surface area contributed by atoms with Gasteiger partial charge in [-0.3, -0.25) is 4.79 Å². The Bertz CT molecular complexity index is 1420. The standard InChI is InChI=1S/C25H29N9O/c1-15-6-7-33(10-15)25-27-8-17(16(2)30-25)11-34-12-19(18-9-26-13-28-23(18)34)24(35)31-20-4-5-21-22(20)29-14-32(21)3/h8-9,12-15,20H,4-7,10-11H2,1-3H3,(H,31,35)/t15?,20-/m1/s1. The second-order valence-electron chi connectivity index (χ2n) is 9.80. The molecule has 1 saturated heterocycles. The van der Waals surface area contributed by atoms with Crippen LogP contribution in [-0.4, -0.2) is 53.1 Å². The fourth-order valence-corrected chi connectivity index (χ4v) is 5.28. The number of fused-ring (bicyclic) bond motifs is 2. The van der Waals surface area contributed by atoms with Crippen LogP contribution in [0.4, 0.5) is 5.95 Å². The summed E-state index contributed by atoms with van der Waals surface area (Å²) in [5, 5.41) is 3.90. The highest BCUT2D eigenvalue weighted by Crippen LogP contribution is 2.30. The van der Waals surface area contributed by atoms with Gasteiger partial charge in [0.2, 0.25) is 5.95 Å². The van der Waals surface area contributed by atoms with Crippen molar-refractivity contribution in [2.45, 2.75) is 45.7 Å². The van der Waals surface area contributed by atoms with Crippen LogP contribution in [0.5, 0.6) is 0 Å². The Hall–Kier alpha value is -3.82. The molecule has 1 amide bonds. The predicted molar refractivity (Wildman–Crippen MR) is 131 cm³/mol. The SMILES string of the molecule is Cc1nc(N2CCC(C)C2)ncc1Cn1cc(C(=O)N[C@@H]2CCc3c2ncn3C)c2cncnc21. The van der Waals surface area contributed by atoms with Crippen LogP contribution in [-0.2, 0) is 20.0 Å². The minimum absolute atomic E-state index is 0.0850. The van der Waals surface area contributed by atoms with Crippen molar-refractivity contribution >= 4 is 22.9 Å². The van der Waals surface area contributed by atoms with Crippen molar-refractivity contribution in [2.75, 3.05) is 18.0 Å². The van der Waals surface area contributed by atoms with Crippen LogP contribution in [0.2, 0.25) is 0 Å². The molecule has 4 aromatic heterocycles. The van der Waals surface area contributed by atoms with Gasteiger partial charge in [0.15, 0.2) is 0 Å². The molecule has 6 rings (SSSR count). The van der Waals surface area contributed by atoms with Crippen LogP contribution in [0.15, 0.2) is 31.2 Å². The van der Waals surface area contributed by atoms with Gasteiger partial charge in [-0.15, -0.1) is 0 Å². The molecule has 2 atom stereocenters. The Morgan fingerprint density at radius 3 is 2.89 bits per heavy atom. The average molecular weight is 472 g/mol. The number of imidazole rings is 1. The molecule has 1 aliphatic carbocycles. The number of aromatic nitrogens is 7. The first-order valence-electron chi connectivity index (χ1n) is 12.1. The lowest BCUT2D eigenvalue weighted by Crippen LogP contribution is -2.27. The first kappa shape index (κ1) is 21.7. The Labute approximate surface area is 203 Å². The van der Waals surface area contributed by atoms with Crippen molar-refractivity contribution in [3.63, 3.8) is 0 Å². The molecule has 35 heavy (non-hydrogen) atoms. The summed E-state index contributed by atoms with van der Waals surface area (Å²) < 4.78 is 4.01. The maximum atomic E-state index is 13.3. The molecule has 5 heterocycles. The third-order valence-electron chi connectivity index (χ3n) is 7.30. The van der Waals surface area contributed by atoms with Crippen LogP contribution in [0.1, 0.15) is 58.8 Å². The van der Waals surface area contributed by atoms with Crippen molar-refractivity contribution in [2.24, 2.45) is 13.0 Å². The van der Waals surface area contributed by atoms with E-state index in [1.807, 2.05) is 41.8 Å². The molecule has 1 unspecified atom stereocenters. The maximum Gasteiger partial charge on any atom is 0.254 e. The number of carbonyl (C=O) groups excluding carboxylic acids is 1. The summed E-state index contributed by atoms with van der Waals surface area (Å²) >= 11 is 0. The molecule has 4 aromatic rings. The smallest absolute Gasteiger partial charge is 0.254 e. The third-order valence-corrected chi connectivity index (χ3v) is 7.30. The average Bonchev–Trinajstić information content (AvgIpc) is 3.62. The molecule has 1 aliphatic heterocycles. The molecule has 0 aromatic carbocycles. The highest BCUT2D eigenvalue weighted by Gasteiger charge is 2.29. The summed E-state index contributed by atoms with van der Waals surface area (Å²) in [5.74, 6) is 1.32. The normalized spacial score (nSPS) is 19.5. The molecule has 180 valence electrons. The largest absolute Gasteiger partial charge is 0.344 e. The van der Waals surface area contributed by atoms with Crippen molar-refractivity contribution in [1.29, 1.82) is 0 Å². The fraction of sp³-hybridized carbons (Fsp3) is 0.440. The number of carbonyl (C=O) groups is 1. The number of rotatable bonds is 5. The molecule has 0 bridgehead atoms. The summed E-state index contributed by atoms with van der Waals surface area (Å²) in [4.78, 5) is 38.2. The Morgan fingerprint density at radius 2 is 2.09 bits per heavy atom. The first-order chi connectivity index (χ1) is 17.0. The Kier molecular flexibility index (Phi) is 5.23. The molecule has 10 nitrogen and oxygen atoms in total. The molecule has 2 aliphatic rings. The fourth-order valence-electron chi connectivity index (χ4n) is 5.28. The van der Waals surface area contributed by atoms with Gasteiger partial charge >= 0.3 is 0 Å². The summed E-state index contributed by atoms with van der Waals surface area (Å²) in [6, 6.07) is -0.0850. The lowest BCUT2D eigenvalue weighted by Gasteiger charge is -2.17. The minimum Gasteiger partial charge on any atom is -0.344 e. The van der Waals surface area contributed by atoms with Gasteiger partial charge in [0.25, 0.3) is 5.91 Å². The van der Waals surface area contributed by atoms with Crippen molar-refractivity contribution in [3.05, 3.63) is 59.5 Å². The summed E-state index contributed by atoms with van der Waals surface area (Å²) in [6.07, 6.45) is 11.7. The van der Waals surface area contributed by atoms with E-state index in [1.54, 1.807) is 6.20 Å². The van der Waals surface area contributed by atoms with Gasteiger partial charge in [0.05, 0.1) is 35.6 Å². The number of nitrogens with zero attached hydrogens (tertiary/aromatic N) is 8. The Morgan fingerprint density at radius 1 is 1.20 bits per heavy atom. The van der Waals surface area contributed by atoms with Gasteiger partial charge in [0.1, 0.15) is 12.0 Å². The zero-order valence-corrected chi connectivity index (χ0v) is 20.3. The number of nitrogens with one attached hydrogen (secondary N) is 1. The zero-order chi connectivity index (χ0) is 24.1. The Balaban J connectivity index is 1.26. The van der Waals surface area contributed by atoms with E-state index < -0.39 is 0 Å². The van der Waals surface area contributed by atoms with E-state index in [1.165, 1.54) is 18.4 Å². The summed E-state index contributed by atoms with van der Waals surface area (Å²) in [5.41, 5.74) is 5.35. The number of hydrogen-bond acceptors (Lipinski definition) is 7. The van der Waals surface area contributed by atoms with E-state index in [4.69, 9.17) is 4.98 Å². The van der Waals surface area contributed by atoms with E-state index in [0.29, 0.717) is 23.7 Å². The number of aryl methyl sites for hydroxylation is 2. The van der Waals surface area contributed by atoms with Crippen molar-refractivity contribution in [1.82, 2.24) is 39.4 Å². The van der Waals surface area contributed by atoms with Gasteiger partial charge in [-0.1, -0.05) is 6.92 Å². The molecule has 10 heteroatoms. The number of amides is 1. The van der Waals surface area contributed by atoms with Gasteiger partial charge in [-0.05, 0) is 32.1 Å². The third kappa shape index (κ3) is 3.82. The summed E-state index contributed by atoms with van der Waals surface area (Å²) in [6.45, 7) is 6.79. The van der Waals surface area contributed by atoms with Crippen LogP contribution < -0.4 is 10.2 Å². The van der Waals surface area contributed by atoms with Crippen LogP contribution in [0, 0.1) is 12.8 Å². The quantitative estimate of drug-likeness (QED) is 0.477. The molecule has 1 N–H and O–H groups in total. The topological polar surface area (TPSA) is 107 Å². The highest BCUT2D eigenvalue weighted by atomic mass is 16.1. The molecule has 0 radical (unpaired) electrons. The second kappa shape index (κ2) is 8.44. The molecular formula is C25H29N9O. The van der Waals surface area contributed by atoms with Gasteiger partial charge in [0, 0.05) is 55.7 Å². The second-order valence-corrected chi connectivity index (χ2v) is 9.80. The maximum absolute atomic E-state index is 13.3. The highest BCUT2D eigenvalue weighted by molar-refractivity contribution is 6.06. The summed E-state index contributed by atoms with van der Waals surface area (Å²) in [7, 11) is 1.99. The molecule has 0 saturated carbocycles. The zero-order valence-electron chi connectivity index (χ0n) is 20.3. The first-order valence-corrected chi connectivity index (χ1v) is 12.1. The van der Waals surface area contributed by atoms with Gasteiger partial charge in [-0.2, -0.15) is 0 Å². The number of hydrogen-bond donors (Lipinski definition) is 1. The number of anilines is 1. The van der Waals surface area contributed by atoms with Crippen LogP contribution in [0.3, 0.4) is 0 Å². The van der Waals surface area contributed by atoms with Gasteiger partial charge in [-0.25, -0.2) is 24.9 Å². The lowest BCUT2D eigenvalue weighted by molar-refractivity contribution is 0.0937. The van der Waals surface area contributed by atoms with Crippen LogP contribution >= 0.6 is 0 Å². The lowest BCUT2D eigenvalue weighted by atomic mass is 10.2. The van der Waals surface area contributed by atoms with Gasteiger partial charge < -0.3 is 19.4 Å². The molecule has 0 spiro atoms. The van der Waals surface area contributed by atoms with Crippen molar-refractivity contribution < 1.29 is 4.79 Å². The monoisotopic (exact) mass is 471 g/mol. The predicted octanol–water partition coefficient (Wildman–Crippen LogP) is 2.58. The van der Waals surface area contributed by atoms with E-state index in [9.17, 15) is 4.79 Å². The van der Waals surface area contributed by atoms with E-state index in [0.717, 1.165) is 54.2 Å². The van der Waals surface area contributed by atoms with E-state index >= 15 is 0 Å².